The van der Waals surface area contributed by atoms with Gasteiger partial charge in [-0.05, 0) is 37.1 Å². The summed E-state index contributed by atoms with van der Waals surface area (Å²) in [6.07, 6.45) is 0.941. The second-order valence-electron chi connectivity index (χ2n) is 3.07. The van der Waals surface area contributed by atoms with Crippen LogP contribution in [-0.4, -0.2) is 9.96 Å². The van der Waals surface area contributed by atoms with Crippen molar-refractivity contribution < 1.29 is 4.21 Å². The van der Waals surface area contributed by atoms with Crippen molar-refractivity contribution in [2.45, 2.75) is 25.2 Å². The fourth-order valence-electron chi connectivity index (χ4n) is 1.09. The fraction of sp³-hybridized carbons (Fsp3) is 0.400. The highest BCUT2D eigenvalue weighted by molar-refractivity contribution is 7.85. The Bertz CT molecular complexity index is 323. The van der Waals surface area contributed by atoms with Crippen molar-refractivity contribution in [3.05, 3.63) is 23.8 Å². The van der Waals surface area contributed by atoms with E-state index in [1.165, 1.54) is 0 Å². The predicted octanol–water partition coefficient (Wildman–Crippen LogP) is 2.09. The Morgan fingerprint density at radius 2 is 2.15 bits per heavy atom. The molecule has 1 rings (SSSR count). The largest absolute Gasteiger partial charge is 0.399 e. The van der Waals surface area contributed by atoms with Gasteiger partial charge in [-0.3, -0.25) is 4.21 Å². The highest BCUT2D eigenvalue weighted by atomic mass is 32.2. The summed E-state index contributed by atoms with van der Waals surface area (Å²) in [4.78, 5) is 0.883. The molecule has 1 atom stereocenters. The maximum Gasteiger partial charge on any atom is 0.0529 e. The van der Waals surface area contributed by atoms with E-state index in [0.29, 0.717) is 0 Å². The van der Waals surface area contributed by atoms with Gasteiger partial charge in [0.25, 0.3) is 0 Å². The number of hydrogen-bond donors (Lipinski definition) is 1. The van der Waals surface area contributed by atoms with Crippen molar-refractivity contribution in [3.63, 3.8) is 0 Å². The molecule has 0 bridgehead atoms. The van der Waals surface area contributed by atoms with Crippen LogP contribution in [0.3, 0.4) is 0 Å². The zero-order valence-corrected chi connectivity index (χ0v) is 8.86. The number of aryl methyl sites for hydroxylation is 1. The first-order valence-corrected chi connectivity index (χ1v) is 5.71. The van der Waals surface area contributed by atoms with E-state index < -0.39 is 10.8 Å². The molecule has 0 radical (unpaired) electrons. The molecule has 0 heterocycles. The van der Waals surface area contributed by atoms with Crippen LogP contribution in [0.1, 0.15) is 18.9 Å². The van der Waals surface area contributed by atoms with Gasteiger partial charge in [0.2, 0.25) is 0 Å². The lowest BCUT2D eigenvalue weighted by Gasteiger charge is -2.03. The molecule has 1 aromatic carbocycles. The van der Waals surface area contributed by atoms with E-state index in [-0.39, 0.29) is 0 Å². The molecule has 0 spiro atoms. The number of nitrogen functional groups attached to an aromatic ring is 1. The first-order valence-electron chi connectivity index (χ1n) is 4.39. The molecule has 72 valence electrons. The van der Waals surface area contributed by atoms with Gasteiger partial charge in [0.05, 0.1) is 10.8 Å². The number of nitrogens with two attached hydrogens (primary N) is 1. The van der Waals surface area contributed by atoms with Gasteiger partial charge in [-0.15, -0.1) is 0 Å². The van der Waals surface area contributed by atoms with Crippen LogP contribution in [0.4, 0.5) is 5.69 Å². The van der Waals surface area contributed by atoms with Crippen LogP contribution in [0.15, 0.2) is 23.1 Å². The monoisotopic (exact) mass is 197 g/mol. The maximum absolute atomic E-state index is 11.6. The SMILES string of the molecule is CCCS(=O)c1ccc(N)c(C)c1. The molecular formula is C10H15NOS. The third-order valence-electron chi connectivity index (χ3n) is 1.89. The van der Waals surface area contributed by atoms with Crippen LogP contribution in [0.5, 0.6) is 0 Å². The summed E-state index contributed by atoms with van der Waals surface area (Å²) in [5.41, 5.74) is 7.43. The first kappa shape index (κ1) is 10.3. The summed E-state index contributed by atoms with van der Waals surface area (Å²) >= 11 is 0. The third-order valence-corrected chi connectivity index (χ3v) is 3.45. The molecule has 0 aliphatic rings. The lowest BCUT2D eigenvalue weighted by Crippen LogP contribution is -1.98. The van der Waals surface area contributed by atoms with E-state index in [1.54, 1.807) is 0 Å². The number of benzene rings is 1. The van der Waals surface area contributed by atoms with E-state index in [4.69, 9.17) is 5.73 Å². The molecule has 0 fully saturated rings. The van der Waals surface area contributed by atoms with E-state index in [9.17, 15) is 4.21 Å². The fourth-order valence-corrected chi connectivity index (χ4v) is 2.23. The lowest BCUT2D eigenvalue weighted by molar-refractivity contribution is 0.682. The van der Waals surface area contributed by atoms with Gasteiger partial charge in [0.1, 0.15) is 0 Å². The molecule has 1 unspecified atom stereocenters. The topological polar surface area (TPSA) is 43.1 Å². The first-order chi connectivity index (χ1) is 6.15. The summed E-state index contributed by atoms with van der Waals surface area (Å²) < 4.78 is 11.6. The van der Waals surface area contributed by atoms with E-state index >= 15 is 0 Å². The van der Waals surface area contributed by atoms with Gasteiger partial charge in [-0.25, -0.2) is 0 Å². The molecule has 0 amide bonds. The smallest absolute Gasteiger partial charge is 0.0529 e. The quantitative estimate of drug-likeness (QED) is 0.754. The Balaban J connectivity index is 2.90. The summed E-state index contributed by atoms with van der Waals surface area (Å²) in [7, 11) is -0.858. The molecule has 0 aliphatic carbocycles. The Kier molecular flexibility index (Phi) is 3.48. The Morgan fingerprint density at radius 3 is 2.69 bits per heavy atom. The van der Waals surface area contributed by atoms with Gasteiger partial charge in [0, 0.05) is 16.3 Å². The standard InChI is InChI=1S/C10H15NOS/c1-3-6-13(12)9-4-5-10(11)8(2)7-9/h4-5,7H,3,6,11H2,1-2H3. The summed E-state index contributed by atoms with van der Waals surface area (Å²) in [5.74, 6) is 0.726. The minimum Gasteiger partial charge on any atom is -0.399 e. The van der Waals surface area contributed by atoms with E-state index in [1.807, 2.05) is 32.0 Å². The third kappa shape index (κ3) is 2.56. The molecule has 3 heteroatoms. The average Bonchev–Trinajstić information content (AvgIpc) is 2.10. The average molecular weight is 197 g/mol. The van der Waals surface area contributed by atoms with Gasteiger partial charge in [-0.1, -0.05) is 6.92 Å². The van der Waals surface area contributed by atoms with Crippen molar-refractivity contribution in [1.29, 1.82) is 0 Å². The van der Waals surface area contributed by atoms with Crippen LogP contribution in [0, 0.1) is 6.92 Å². The van der Waals surface area contributed by atoms with Crippen LogP contribution in [0.25, 0.3) is 0 Å². The van der Waals surface area contributed by atoms with Crippen LogP contribution < -0.4 is 5.73 Å². The molecule has 0 aromatic heterocycles. The van der Waals surface area contributed by atoms with Gasteiger partial charge < -0.3 is 5.73 Å². The van der Waals surface area contributed by atoms with Gasteiger partial charge >= 0.3 is 0 Å². The van der Waals surface area contributed by atoms with Crippen molar-refractivity contribution >= 4 is 16.5 Å². The van der Waals surface area contributed by atoms with Crippen molar-refractivity contribution in [2.24, 2.45) is 0 Å². The maximum atomic E-state index is 11.6. The van der Waals surface area contributed by atoms with Crippen molar-refractivity contribution in [2.75, 3.05) is 11.5 Å². The highest BCUT2D eigenvalue weighted by Crippen LogP contribution is 2.15. The summed E-state index contributed by atoms with van der Waals surface area (Å²) in [6.45, 7) is 3.96. The Labute approximate surface area is 81.6 Å². The molecule has 0 saturated carbocycles. The summed E-state index contributed by atoms with van der Waals surface area (Å²) in [6, 6.07) is 5.56. The van der Waals surface area contributed by atoms with E-state index in [0.717, 1.165) is 28.3 Å². The second kappa shape index (κ2) is 4.42. The number of hydrogen-bond acceptors (Lipinski definition) is 2. The lowest BCUT2D eigenvalue weighted by atomic mass is 10.2. The Morgan fingerprint density at radius 1 is 1.46 bits per heavy atom. The minimum atomic E-state index is -0.858. The van der Waals surface area contributed by atoms with Crippen LogP contribution in [-0.2, 0) is 10.8 Å². The highest BCUT2D eigenvalue weighted by Gasteiger charge is 2.03. The molecule has 2 nitrogen and oxygen atoms in total. The zero-order chi connectivity index (χ0) is 9.84. The molecule has 1 aromatic rings. The molecule has 0 saturated heterocycles. The zero-order valence-electron chi connectivity index (χ0n) is 8.04. The van der Waals surface area contributed by atoms with Gasteiger partial charge in [0.15, 0.2) is 0 Å². The second-order valence-corrected chi connectivity index (χ2v) is 4.64. The molecular weight excluding hydrogens is 182 g/mol. The minimum absolute atomic E-state index is 0.726. The number of rotatable bonds is 3. The Hall–Kier alpha value is -0.830. The number of anilines is 1. The van der Waals surface area contributed by atoms with Crippen LogP contribution >= 0.6 is 0 Å². The normalized spacial score (nSPS) is 12.8. The summed E-state index contributed by atoms with van der Waals surface area (Å²) in [5, 5.41) is 0. The van der Waals surface area contributed by atoms with Crippen molar-refractivity contribution in [1.82, 2.24) is 0 Å². The van der Waals surface area contributed by atoms with Crippen LogP contribution in [0.2, 0.25) is 0 Å². The molecule has 0 aliphatic heterocycles. The predicted molar refractivity (Wildman–Crippen MR) is 57.2 cm³/mol. The molecule has 2 N–H and O–H groups in total. The van der Waals surface area contributed by atoms with Crippen molar-refractivity contribution in [3.8, 4) is 0 Å². The van der Waals surface area contributed by atoms with E-state index in [2.05, 4.69) is 0 Å². The molecule has 13 heavy (non-hydrogen) atoms. The van der Waals surface area contributed by atoms with Gasteiger partial charge in [-0.2, -0.15) is 0 Å².